The molecule has 170 valence electrons. The van der Waals surface area contributed by atoms with E-state index >= 15 is 0 Å². The monoisotopic (exact) mass is 450 g/mol. The van der Waals surface area contributed by atoms with Crippen LogP contribution in [0.25, 0.3) is 21.8 Å². The van der Waals surface area contributed by atoms with E-state index in [1.165, 1.54) is 7.11 Å². The molecule has 2 N–H and O–H groups in total. The smallest absolute Gasteiger partial charge is 0.326 e. The van der Waals surface area contributed by atoms with Gasteiger partial charge in [0.1, 0.15) is 23.9 Å². The van der Waals surface area contributed by atoms with Gasteiger partial charge in [0, 0.05) is 42.3 Å². The van der Waals surface area contributed by atoms with Crippen LogP contribution in [0.2, 0.25) is 0 Å². The van der Waals surface area contributed by atoms with E-state index in [4.69, 9.17) is 9.47 Å². The summed E-state index contributed by atoms with van der Waals surface area (Å²) in [5, 5.41) is 6.72. The fourth-order valence-corrected chi connectivity index (χ4v) is 3.56. The number of alkyl halides is 1. The van der Waals surface area contributed by atoms with Crippen LogP contribution >= 0.6 is 0 Å². The van der Waals surface area contributed by atoms with E-state index < -0.39 is 12.6 Å². The van der Waals surface area contributed by atoms with Crippen LogP contribution in [-0.4, -0.2) is 48.4 Å². The topological polar surface area (TPSA) is 94.5 Å². The molecule has 0 bridgehead atoms. The molecule has 2 heterocycles. The highest BCUT2D eigenvalue weighted by molar-refractivity contribution is 6.02. The minimum absolute atomic E-state index is 0.0909. The molecule has 0 saturated heterocycles. The van der Waals surface area contributed by atoms with Crippen LogP contribution in [0.4, 0.5) is 9.18 Å². The molecule has 0 aliphatic rings. The van der Waals surface area contributed by atoms with E-state index in [9.17, 15) is 14.0 Å². The lowest BCUT2D eigenvalue weighted by atomic mass is 10.1. The molecule has 0 fully saturated rings. The fourth-order valence-electron chi connectivity index (χ4n) is 3.56. The molecule has 2 aromatic carbocycles. The molecule has 4 rings (SSSR count). The molecule has 0 atom stereocenters. The number of benzene rings is 2. The van der Waals surface area contributed by atoms with Gasteiger partial charge in [0.15, 0.2) is 0 Å². The highest BCUT2D eigenvalue weighted by atomic mass is 19.1. The molecule has 0 aliphatic heterocycles. The molecular formula is C24H23FN4O4. The molecule has 0 saturated carbocycles. The first kappa shape index (κ1) is 22.1. The molecule has 9 heteroatoms. The van der Waals surface area contributed by atoms with Crippen molar-refractivity contribution in [1.82, 2.24) is 20.2 Å². The Bertz CT molecular complexity index is 1340. The van der Waals surface area contributed by atoms with Crippen LogP contribution < -0.4 is 20.1 Å². The molecule has 0 unspecified atom stereocenters. The number of halogens is 1. The van der Waals surface area contributed by atoms with Crippen LogP contribution in [0.3, 0.4) is 0 Å². The molecule has 8 nitrogen and oxygen atoms in total. The zero-order valence-electron chi connectivity index (χ0n) is 18.2. The molecule has 2 aromatic heterocycles. The molecule has 0 aliphatic carbocycles. The highest BCUT2D eigenvalue weighted by Crippen LogP contribution is 2.34. The third kappa shape index (κ3) is 4.43. The second kappa shape index (κ2) is 9.56. The van der Waals surface area contributed by atoms with Crippen molar-refractivity contribution in [2.45, 2.75) is 6.92 Å². The van der Waals surface area contributed by atoms with Crippen molar-refractivity contribution in [3.63, 3.8) is 0 Å². The first-order chi connectivity index (χ1) is 16.0. The van der Waals surface area contributed by atoms with Gasteiger partial charge in [0.25, 0.3) is 5.91 Å². The van der Waals surface area contributed by atoms with Crippen LogP contribution in [-0.2, 0) is 0 Å². The number of pyridine rings is 1. The Morgan fingerprint density at radius 3 is 2.70 bits per heavy atom. The first-order valence-electron chi connectivity index (χ1n) is 10.4. The van der Waals surface area contributed by atoms with E-state index in [2.05, 4.69) is 15.6 Å². The number of hydrogen-bond acceptors (Lipinski definition) is 5. The number of nitrogens with zero attached hydrogens (tertiary/aromatic N) is 2. The number of ether oxygens (including phenoxy) is 2. The summed E-state index contributed by atoms with van der Waals surface area (Å²) in [6.07, 6.45) is 3.31. The van der Waals surface area contributed by atoms with E-state index in [0.29, 0.717) is 34.7 Å². The van der Waals surface area contributed by atoms with E-state index in [1.807, 2.05) is 25.1 Å². The minimum atomic E-state index is -0.665. The van der Waals surface area contributed by atoms with Crippen molar-refractivity contribution in [1.29, 1.82) is 0 Å². The van der Waals surface area contributed by atoms with Gasteiger partial charge >= 0.3 is 6.03 Å². The molecular weight excluding hydrogens is 427 g/mol. The number of amides is 2. The van der Waals surface area contributed by atoms with Crippen molar-refractivity contribution in [2.75, 3.05) is 26.9 Å². The fraction of sp³-hybridized carbons (Fsp3) is 0.208. The number of hydrogen-bond donors (Lipinski definition) is 2. The first-order valence-corrected chi connectivity index (χ1v) is 10.4. The van der Waals surface area contributed by atoms with Gasteiger partial charge in [-0.25, -0.2) is 9.18 Å². The zero-order chi connectivity index (χ0) is 23.4. The number of methoxy groups -OCH3 is 1. The summed E-state index contributed by atoms with van der Waals surface area (Å²) >= 11 is 0. The summed E-state index contributed by atoms with van der Waals surface area (Å²) in [6, 6.07) is 12.0. The van der Waals surface area contributed by atoms with Crippen molar-refractivity contribution < 1.29 is 23.5 Å². The lowest BCUT2D eigenvalue weighted by molar-refractivity contribution is 0.0948. The summed E-state index contributed by atoms with van der Waals surface area (Å²) in [5.41, 5.74) is 1.59. The van der Waals surface area contributed by atoms with Gasteiger partial charge < -0.3 is 20.1 Å². The predicted molar refractivity (Wildman–Crippen MR) is 123 cm³/mol. The Hall–Kier alpha value is -4.14. The Labute approximate surface area is 189 Å². The molecule has 0 radical (unpaired) electrons. The quantitative estimate of drug-likeness (QED) is 0.439. The lowest BCUT2D eigenvalue weighted by Gasteiger charge is -2.13. The van der Waals surface area contributed by atoms with Crippen LogP contribution in [0.15, 0.2) is 54.9 Å². The van der Waals surface area contributed by atoms with Crippen molar-refractivity contribution >= 4 is 33.7 Å². The maximum atomic E-state index is 12.5. The summed E-state index contributed by atoms with van der Waals surface area (Å²) < 4.78 is 25.5. The summed E-state index contributed by atoms with van der Waals surface area (Å²) in [5.74, 6) is 0.929. The normalized spacial score (nSPS) is 10.9. The summed E-state index contributed by atoms with van der Waals surface area (Å²) in [4.78, 5) is 29.0. The largest absolute Gasteiger partial charge is 0.496 e. The van der Waals surface area contributed by atoms with Gasteiger partial charge in [-0.1, -0.05) is 0 Å². The Kier molecular flexibility index (Phi) is 6.39. The number of carbonyl (C=O) groups excluding carboxylic acids is 2. The lowest BCUT2D eigenvalue weighted by Crippen LogP contribution is -2.27. The average molecular weight is 450 g/mol. The maximum Gasteiger partial charge on any atom is 0.326 e. The van der Waals surface area contributed by atoms with Crippen LogP contribution in [0.5, 0.6) is 17.2 Å². The molecule has 4 aromatic rings. The van der Waals surface area contributed by atoms with Crippen LogP contribution in [0.1, 0.15) is 17.3 Å². The van der Waals surface area contributed by atoms with Crippen molar-refractivity contribution in [3.8, 4) is 17.2 Å². The van der Waals surface area contributed by atoms with Gasteiger partial charge in [0.05, 0.1) is 23.7 Å². The number of rotatable bonds is 7. The summed E-state index contributed by atoms with van der Waals surface area (Å²) in [7, 11) is 1.45. The molecule has 33 heavy (non-hydrogen) atoms. The second-order valence-electron chi connectivity index (χ2n) is 7.17. The number of nitrogens with one attached hydrogen (secondary N) is 2. The summed E-state index contributed by atoms with van der Waals surface area (Å²) in [6.45, 7) is 1.64. The number of aromatic nitrogens is 2. The zero-order valence-corrected chi connectivity index (χ0v) is 18.2. The predicted octanol–water partition coefficient (Wildman–Crippen LogP) is 4.27. The van der Waals surface area contributed by atoms with Gasteiger partial charge in [-0.15, -0.1) is 0 Å². The molecule has 0 spiro atoms. The van der Waals surface area contributed by atoms with Gasteiger partial charge in [0.2, 0.25) is 0 Å². The third-order valence-electron chi connectivity index (χ3n) is 5.08. The SMILES string of the molecule is CCNC(=O)n1ccc2cc(Oc3ccnc4cc(OC)c(C(=O)NCCF)cc34)ccc21. The third-order valence-corrected chi connectivity index (χ3v) is 5.08. The van der Waals surface area contributed by atoms with Gasteiger partial charge in [-0.05, 0) is 43.3 Å². The highest BCUT2D eigenvalue weighted by Gasteiger charge is 2.17. The van der Waals surface area contributed by atoms with Gasteiger partial charge in [-0.2, -0.15) is 0 Å². The average Bonchev–Trinajstić information content (AvgIpc) is 3.25. The van der Waals surface area contributed by atoms with E-state index in [1.54, 1.807) is 41.2 Å². The van der Waals surface area contributed by atoms with E-state index in [0.717, 1.165) is 10.9 Å². The Morgan fingerprint density at radius 2 is 1.94 bits per heavy atom. The standard InChI is InChI=1S/C24H23FN4O4/c1-3-26-24(31)29-11-7-15-12-16(4-5-20(15)29)33-21-6-9-27-19-14-22(32-2)18(13-17(19)21)23(30)28-10-8-25/h4-7,9,11-14H,3,8,10H2,1-2H3,(H,26,31)(H,28,30). The number of fused-ring (bicyclic) bond motifs is 2. The van der Waals surface area contributed by atoms with Crippen molar-refractivity contribution in [2.24, 2.45) is 0 Å². The van der Waals surface area contributed by atoms with Crippen molar-refractivity contribution in [3.05, 3.63) is 60.4 Å². The van der Waals surface area contributed by atoms with E-state index in [-0.39, 0.29) is 18.1 Å². The molecule has 2 amide bonds. The van der Waals surface area contributed by atoms with Crippen LogP contribution in [0, 0.1) is 0 Å². The van der Waals surface area contributed by atoms with Gasteiger partial charge in [-0.3, -0.25) is 14.3 Å². The maximum absolute atomic E-state index is 12.5. The Balaban J connectivity index is 1.70. The minimum Gasteiger partial charge on any atom is -0.496 e. The Morgan fingerprint density at radius 1 is 1.09 bits per heavy atom. The number of carbonyl (C=O) groups is 2. The second-order valence-corrected chi connectivity index (χ2v) is 7.17.